The second-order valence-corrected chi connectivity index (χ2v) is 20.1. The predicted molar refractivity (Wildman–Crippen MR) is 217 cm³/mol. The van der Waals surface area contributed by atoms with Crippen LogP contribution in [0.4, 0.5) is 32.5 Å². The van der Waals surface area contributed by atoms with Crippen molar-refractivity contribution in [3.05, 3.63) is 102 Å². The van der Waals surface area contributed by atoms with E-state index in [0.717, 1.165) is 12.0 Å². The van der Waals surface area contributed by atoms with Crippen molar-refractivity contribution in [3.8, 4) is 11.5 Å². The van der Waals surface area contributed by atoms with E-state index in [-0.39, 0.29) is 62.5 Å². The number of carbonyl (C=O) groups is 4. The monoisotopic (exact) mass is 804 g/mol. The summed E-state index contributed by atoms with van der Waals surface area (Å²) in [6.07, 6.45) is 0.411. The van der Waals surface area contributed by atoms with Crippen LogP contribution in [0.5, 0.6) is 11.5 Å². The van der Waals surface area contributed by atoms with Crippen molar-refractivity contribution in [1.29, 1.82) is 0 Å². The van der Waals surface area contributed by atoms with E-state index in [1.807, 2.05) is 67.6 Å². The van der Waals surface area contributed by atoms with E-state index in [1.54, 1.807) is 63.0 Å². The van der Waals surface area contributed by atoms with Gasteiger partial charge in [-0.2, -0.15) is 0 Å². The fraction of sp³-hybridized carbons (Fsp3) is 0.364. The third-order valence-corrected chi connectivity index (χ3v) is 14.9. The van der Waals surface area contributed by atoms with E-state index in [9.17, 15) is 19.5 Å². The lowest BCUT2D eigenvalue weighted by atomic mass is 9.82. The lowest BCUT2D eigenvalue weighted by molar-refractivity contribution is -0.150. The molecule has 0 aliphatic carbocycles. The number of nitrogens with zero attached hydrogens (tertiary/aromatic N) is 4. The number of halogens is 1. The molecule has 5 aliphatic rings. The Morgan fingerprint density at radius 2 is 1.45 bits per heavy atom. The number of anilines is 5. The Hall–Kier alpha value is -5.57. The van der Waals surface area contributed by atoms with Crippen molar-refractivity contribution in [2.24, 2.45) is 5.92 Å². The van der Waals surface area contributed by atoms with Gasteiger partial charge in [-0.05, 0) is 86.1 Å². The highest BCUT2D eigenvalue weighted by molar-refractivity contribution is 6.72. The average molecular weight is 805 g/mol. The minimum absolute atomic E-state index is 0.0894. The highest BCUT2D eigenvalue weighted by Gasteiger charge is 2.67. The summed E-state index contributed by atoms with van der Waals surface area (Å²) in [6.45, 7) is 5.24. The number of likely N-dealkylation sites (tertiary alicyclic amines) is 1. The first-order chi connectivity index (χ1) is 27.9. The third kappa shape index (κ3) is 6.07. The van der Waals surface area contributed by atoms with Gasteiger partial charge in [-0.25, -0.2) is 0 Å². The summed E-state index contributed by atoms with van der Waals surface area (Å²) in [7, 11) is -3.62. The lowest BCUT2D eigenvalue weighted by Gasteiger charge is -2.32. The van der Waals surface area contributed by atoms with Gasteiger partial charge in [0.05, 0.1) is 48.8 Å². The molecule has 1 spiro atoms. The number of amides is 4. The first kappa shape index (κ1) is 38.0. The molecule has 5 atom stereocenters. The van der Waals surface area contributed by atoms with Gasteiger partial charge in [-0.15, -0.1) is 0 Å². The Morgan fingerprint density at radius 1 is 0.845 bits per heavy atom. The zero-order valence-corrected chi connectivity index (χ0v) is 33.6. The van der Waals surface area contributed by atoms with Crippen LogP contribution in [0.1, 0.15) is 37.3 Å². The second-order valence-electron chi connectivity index (χ2n) is 16.3. The zero-order chi connectivity index (χ0) is 40.5. The van der Waals surface area contributed by atoms with Crippen LogP contribution in [0.25, 0.3) is 0 Å². The molecule has 14 heteroatoms. The summed E-state index contributed by atoms with van der Waals surface area (Å²) in [5, 5.41) is 9.99. The molecule has 0 radical (unpaired) electrons. The largest absolute Gasteiger partial charge is 0.482 e. The molecule has 4 aromatic carbocycles. The standard InChI is InChI=1S/C44H45FN4O8Si/c1-27-42(58(2,3)45)38(22-39(51)46-20-8-9-31(46)24-50)57-44(27)32-21-30(49-35-11-5-7-13-37(35)56-26-41(49)53)18-19-33(32)47(43(44)54)23-28-14-16-29(17-15-28)48-34-10-4-6-12-36(34)55-25-40(48)52/h4-7,10-19,21,27,31,38,42,50H,8-9,20,22-26H2,1-3H3/t27-,31+,38+,42-,44+/m1/s1. The van der Waals surface area contributed by atoms with Crippen molar-refractivity contribution >= 4 is 60.5 Å². The van der Waals surface area contributed by atoms with Gasteiger partial charge >= 0.3 is 0 Å². The molecule has 4 amide bonds. The van der Waals surface area contributed by atoms with Crippen LogP contribution in [-0.4, -0.2) is 80.6 Å². The van der Waals surface area contributed by atoms with Crippen LogP contribution in [0.15, 0.2) is 91.0 Å². The van der Waals surface area contributed by atoms with E-state index in [4.69, 9.17) is 14.2 Å². The lowest BCUT2D eigenvalue weighted by Crippen LogP contribution is -2.45. The van der Waals surface area contributed by atoms with Gasteiger partial charge in [0, 0.05) is 34.9 Å². The third-order valence-electron chi connectivity index (χ3n) is 12.4. The van der Waals surface area contributed by atoms with Gasteiger partial charge in [0.2, 0.25) is 14.3 Å². The van der Waals surface area contributed by atoms with Crippen molar-refractivity contribution in [2.75, 3.05) is 41.1 Å². The van der Waals surface area contributed by atoms with E-state index in [0.29, 0.717) is 58.5 Å². The van der Waals surface area contributed by atoms with Crippen molar-refractivity contribution in [1.82, 2.24) is 4.90 Å². The number of ether oxygens (including phenoxy) is 3. The van der Waals surface area contributed by atoms with Crippen LogP contribution in [0, 0.1) is 5.92 Å². The normalized spacial score (nSPS) is 25.2. The maximum Gasteiger partial charge on any atom is 0.269 e. The Balaban J connectivity index is 1.11. The van der Waals surface area contributed by atoms with Crippen LogP contribution < -0.4 is 24.2 Å². The summed E-state index contributed by atoms with van der Waals surface area (Å²) >= 11 is 0. The summed E-state index contributed by atoms with van der Waals surface area (Å²) in [5.41, 5.74) is 1.77. The molecule has 1 N–H and O–H groups in total. The number of hydrogen-bond donors (Lipinski definition) is 1. The molecule has 0 unspecified atom stereocenters. The molecule has 12 nitrogen and oxygen atoms in total. The minimum atomic E-state index is -3.62. The van der Waals surface area contributed by atoms with Gasteiger partial charge in [0.15, 0.2) is 18.8 Å². The number of aliphatic hydroxyl groups excluding tert-OH is 1. The highest BCUT2D eigenvalue weighted by Crippen LogP contribution is 2.61. The van der Waals surface area contributed by atoms with E-state index in [2.05, 4.69) is 0 Å². The van der Waals surface area contributed by atoms with Crippen LogP contribution in [0.3, 0.4) is 0 Å². The van der Waals surface area contributed by atoms with E-state index >= 15 is 8.90 Å². The molecule has 4 aromatic rings. The fourth-order valence-corrected chi connectivity index (χ4v) is 12.4. The number of fused-ring (bicyclic) bond motifs is 4. The van der Waals surface area contributed by atoms with Gasteiger partial charge in [-0.1, -0.05) is 43.3 Å². The Labute approximate surface area is 336 Å². The second kappa shape index (κ2) is 14.4. The first-order valence-corrected chi connectivity index (χ1v) is 22.8. The number of aliphatic hydroxyl groups is 1. The van der Waals surface area contributed by atoms with Crippen molar-refractivity contribution < 1.29 is 42.6 Å². The molecular weight excluding hydrogens is 760 g/mol. The summed E-state index contributed by atoms with van der Waals surface area (Å²) in [6, 6.07) is 27.0. The number of carbonyl (C=O) groups excluding carboxylic acids is 4. The fourth-order valence-electron chi connectivity index (χ4n) is 9.88. The molecule has 9 rings (SSSR count). The smallest absolute Gasteiger partial charge is 0.269 e. The molecule has 0 saturated carbocycles. The van der Waals surface area contributed by atoms with Crippen molar-refractivity contribution in [3.63, 3.8) is 0 Å². The maximum absolute atomic E-state index is 16.7. The molecule has 58 heavy (non-hydrogen) atoms. The molecule has 2 saturated heterocycles. The number of rotatable bonds is 8. The molecule has 5 aliphatic heterocycles. The minimum Gasteiger partial charge on any atom is -0.482 e. The quantitative estimate of drug-likeness (QED) is 0.158. The average Bonchev–Trinajstić information content (AvgIpc) is 3.88. The van der Waals surface area contributed by atoms with Crippen LogP contribution >= 0.6 is 0 Å². The SMILES string of the molecule is C[C@@H]1[C@@H]([Si](C)(C)F)[C@H](CC(=O)N2CCC[C@H]2CO)O[C@@]12C(=O)N(Cc1ccc(N3C(=O)COc4ccccc43)cc1)c1ccc(N3C(=O)COc4ccccc43)cc12. The zero-order valence-electron chi connectivity index (χ0n) is 32.6. The predicted octanol–water partition coefficient (Wildman–Crippen LogP) is 6.50. The highest BCUT2D eigenvalue weighted by atomic mass is 28.4. The van der Waals surface area contributed by atoms with Gasteiger partial charge in [0.1, 0.15) is 11.5 Å². The van der Waals surface area contributed by atoms with Crippen molar-refractivity contribution in [2.45, 2.75) is 69.1 Å². The van der Waals surface area contributed by atoms with E-state index in [1.165, 1.54) is 0 Å². The van der Waals surface area contributed by atoms with Crippen LogP contribution in [0.2, 0.25) is 18.6 Å². The molecule has 300 valence electrons. The Kier molecular flexibility index (Phi) is 9.40. The summed E-state index contributed by atoms with van der Waals surface area (Å²) in [4.78, 5) is 62.2. The van der Waals surface area contributed by atoms with Crippen LogP contribution in [-0.2, 0) is 36.1 Å². The maximum atomic E-state index is 16.7. The molecule has 5 heterocycles. The number of para-hydroxylation sites is 4. The molecule has 2 fully saturated rings. The first-order valence-electron chi connectivity index (χ1n) is 19.8. The molecule has 0 aromatic heterocycles. The summed E-state index contributed by atoms with van der Waals surface area (Å²) in [5.74, 6) is -0.651. The number of benzene rings is 4. The Bertz CT molecular complexity index is 2320. The molecule has 0 bridgehead atoms. The number of hydrogen-bond acceptors (Lipinski definition) is 8. The van der Waals surface area contributed by atoms with Gasteiger partial charge < -0.3 is 33.2 Å². The van der Waals surface area contributed by atoms with E-state index < -0.39 is 31.6 Å². The summed E-state index contributed by atoms with van der Waals surface area (Å²) < 4.78 is 35.0. The molecular formula is C44H45FN4O8Si. The van der Waals surface area contributed by atoms with Gasteiger partial charge in [-0.3, -0.25) is 29.0 Å². The topological polar surface area (TPSA) is 129 Å². The van der Waals surface area contributed by atoms with Gasteiger partial charge in [0.25, 0.3) is 17.7 Å². The Morgan fingerprint density at radius 3 is 2.07 bits per heavy atom.